The Hall–Kier alpha value is -4.29. The van der Waals surface area contributed by atoms with Gasteiger partial charge in [-0.15, -0.1) is 4.99 Å². The van der Waals surface area contributed by atoms with Gasteiger partial charge in [-0.3, -0.25) is 4.79 Å². The number of aliphatic imine (C=N–C) groups is 1. The van der Waals surface area contributed by atoms with E-state index in [4.69, 9.17) is 21.0 Å². The molecule has 1 aliphatic heterocycles. The fourth-order valence-corrected chi connectivity index (χ4v) is 3.40. The zero-order valence-corrected chi connectivity index (χ0v) is 20.2. The van der Waals surface area contributed by atoms with Gasteiger partial charge in [-0.1, -0.05) is 29.4 Å². The number of ether oxygens (including phenoxy) is 1. The third kappa shape index (κ3) is 7.35. The summed E-state index contributed by atoms with van der Waals surface area (Å²) in [5.41, 5.74) is 12.4. The van der Waals surface area contributed by atoms with Crippen LogP contribution in [-0.2, 0) is 21.0 Å². The Kier molecular flexibility index (Phi) is 9.08. The second kappa shape index (κ2) is 12.4. The van der Waals surface area contributed by atoms with Crippen molar-refractivity contribution in [2.45, 2.75) is 26.4 Å². The topological polar surface area (TPSA) is 162 Å². The third-order valence-electron chi connectivity index (χ3n) is 5.48. The van der Waals surface area contributed by atoms with Gasteiger partial charge in [0.1, 0.15) is 13.2 Å². The van der Waals surface area contributed by atoms with Gasteiger partial charge in [-0.05, 0) is 11.1 Å². The lowest BCUT2D eigenvalue weighted by atomic mass is 10.0. The van der Waals surface area contributed by atoms with E-state index in [0.717, 1.165) is 5.71 Å². The van der Waals surface area contributed by atoms with E-state index in [2.05, 4.69) is 20.1 Å². The Morgan fingerprint density at radius 3 is 2.58 bits per heavy atom. The van der Waals surface area contributed by atoms with E-state index in [-0.39, 0.29) is 24.0 Å². The number of amides is 2. The number of benzene rings is 1. The van der Waals surface area contributed by atoms with Gasteiger partial charge in [-0.2, -0.15) is 9.37 Å². The van der Waals surface area contributed by atoms with Gasteiger partial charge in [0.2, 0.25) is 17.8 Å². The highest BCUT2D eigenvalue weighted by atomic mass is 19.1. The molecule has 192 valence electrons. The number of guanidine groups is 1. The minimum Gasteiger partial charge on any atom is -0.443 e. The summed E-state index contributed by atoms with van der Waals surface area (Å²) >= 11 is 0. The van der Waals surface area contributed by atoms with Gasteiger partial charge in [0.25, 0.3) is 0 Å². The molecule has 1 saturated heterocycles. The highest BCUT2D eigenvalue weighted by molar-refractivity contribution is 5.88. The molecule has 3 rings (SSSR count). The number of rotatable bonds is 8. The Balaban J connectivity index is 1.61. The largest absolute Gasteiger partial charge is 0.443 e. The predicted molar refractivity (Wildman–Crippen MR) is 132 cm³/mol. The van der Waals surface area contributed by atoms with Gasteiger partial charge in [0.15, 0.2) is 5.96 Å². The first-order valence-corrected chi connectivity index (χ1v) is 11.3. The van der Waals surface area contributed by atoms with Crippen molar-refractivity contribution in [2.24, 2.45) is 21.6 Å². The number of likely N-dealkylation sites (N-methyl/N-ethyl adjacent to an activating group) is 1. The predicted octanol–water partition coefficient (Wildman–Crippen LogP) is 1.64. The summed E-state index contributed by atoms with van der Waals surface area (Å²) in [7, 11) is 1.70. The lowest BCUT2D eigenvalue weighted by Crippen LogP contribution is -2.35. The summed E-state index contributed by atoms with van der Waals surface area (Å²) in [6, 6.07) is 6.84. The van der Waals surface area contributed by atoms with Crippen molar-refractivity contribution in [2.75, 3.05) is 38.2 Å². The normalized spacial score (nSPS) is 13.1. The second-order valence-corrected chi connectivity index (χ2v) is 8.04. The van der Waals surface area contributed by atoms with Crippen LogP contribution < -0.4 is 16.4 Å². The van der Waals surface area contributed by atoms with Crippen LogP contribution in [0.3, 0.4) is 0 Å². The molecule has 2 aromatic rings. The molecule has 1 aromatic carbocycles. The molecule has 0 unspecified atom stereocenters. The summed E-state index contributed by atoms with van der Waals surface area (Å²) < 4.78 is 20.1. The van der Waals surface area contributed by atoms with E-state index in [1.807, 2.05) is 4.90 Å². The molecule has 0 bridgehead atoms. The Morgan fingerprint density at radius 2 is 1.92 bits per heavy atom. The Labute approximate surface area is 207 Å². The van der Waals surface area contributed by atoms with Crippen LogP contribution in [0.4, 0.5) is 15.1 Å². The first-order chi connectivity index (χ1) is 17.2. The monoisotopic (exact) mass is 500 g/mol. The fourth-order valence-electron chi connectivity index (χ4n) is 3.40. The first kappa shape index (κ1) is 26.3. The second-order valence-electron chi connectivity index (χ2n) is 8.04. The van der Waals surface area contributed by atoms with E-state index in [1.165, 1.54) is 13.1 Å². The van der Waals surface area contributed by atoms with E-state index in [9.17, 15) is 9.59 Å². The molecular formula is C23H29FN8O4. The van der Waals surface area contributed by atoms with Gasteiger partial charge in [0, 0.05) is 46.1 Å². The molecule has 1 fully saturated rings. The molecular weight excluding hydrogens is 471 g/mol. The molecule has 0 spiro atoms. The van der Waals surface area contributed by atoms with E-state index in [1.54, 1.807) is 36.2 Å². The average Bonchev–Trinajstić information content (AvgIpc) is 2.85. The van der Waals surface area contributed by atoms with Gasteiger partial charge >= 0.3 is 6.09 Å². The maximum atomic E-state index is 15.0. The Bertz CT molecular complexity index is 1140. The Morgan fingerprint density at radius 1 is 1.19 bits per heavy atom. The van der Waals surface area contributed by atoms with E-state index >= 15 is 4.39 Å². The van der Waals surface area contributed by atoms with Crippen molar-refractivity contribution in [3.63, 3.8) is 0 Å². The summed E-state index contributed by atoms with van der Waals surface area (Å²) in [5.74, 6) is -0.867. The maximum absolute atomic E-state index is 15.0. The number of halogens is 1. The van der Waals surface area contributed by atoms with Crippen molar-refractivity contribution in [3.8, 4) is 11.1 Å². The smallest absolute Gasteiger partial charge is 0.437 e. The van der Waals surface area contributed by atoms with Crippen LogP contribution in [0.1, 0.15) is 25.3 Å². The standard InChI is InChI=1S/C23H29FN8O4/c1-15(33)31(2)11-12-36-30-17-7-9-32(10-8-17)22-27-13-19(20(24)28-22)18-6-4-3-5-16(18)14-35-23(34)29-21(25)26/h3-6,13H,7-12,14H2,1-2H3,(H4,25,26,29,34). The number of hydrogen-bond acceptors (Lipinski definition) is 8. The number of nitrogens with zero attached hydrogens (tertiary/aromatic N) is 6. The van der Waals surface area contributed by atoms with Crippen molar-refractivity contribution in [1.29, 1.82) is 0 Å². The lowest BCUT2D eigenvalue weighted by molar-refractivity contribution is -0.128. The van der Waals surface area contributed by atoms with Crippen molar-refractivity contribution < 1.29 is 23.6 Å². The summed E-state index contributed by atoms with van der Waals surface area (Å²) in [6.07, 6.45) is 1.71. The van der Waals surface area contributed by atoms with Crippen molar-refractivity contribution in [1.82, 2.24) is 14.9 Å². The molecule has 0 saturated carbocycles. The molecule has 12 nitrogen and oxygen atoms in total. The molecule has 2 heterocycles. The van der Waals surface area contributed by atoms with Crippen LogP contribution in [0.25, 0.3) is 11.1 Å². The van der Waals surface area contributed by atoms with Crippen LogP contribution in [0.5, 0.6) is 0 Å². The first-order valence-electron chi connectivity index (χ1n) is 11.3. The summed E-state index contributed by atoms with van der Waals surface area (Å²) in [4.78, 5) is 43.3. The number of piperidine rings is 1. The van der Waals surface area contributed by atoms with Crippen molar-refractivity contribution >= 4 is 29.6 Å². The number of aromatic nitrogens is 2. The minimum atomic E-state index is -0.946. The molecule has 36 heavy (non-hydrogen) atoms. The molecule has 4 N–H and O–H groups in total. The number of nitrogens with two attached hydrogens (primary N) is 2. The highest BCUT2D eigenvalue weighted by Gasteiger charge is 2.21. The number of hydrogen-bond donors (Lipinski definition) is 2. The quantitative estimate of drug-likeness (QED) is 0.180. The molecule has 0 aliphatic carbocycles. The van der Waals surface area contributed by atoms with Gasteiger partial charge < -0.3 is 30.8 Å². The molecule has 1 aromatic heterocycles. The lowest BCUT2D eigenvalue weighted by Gasteiger charge is -2.27. The highest BCUT2D eigenvalue weighted by Crippen LogP contribution is 2.27. The molecule has 0 atom stereocenters. The SMILES string of the molecule is CC(=O)N(C)CCON=C1CCN(c2ncc(-c3ccccc3COC(=O)N=C(N)N)c(F)n2)CC1. The number of anilines is 1. The third-order valence-corrected chi connectivity index (χ3v) is 5.48. The average molecular weight is 501 g/mol. The molecule has 0 radical (unpaired) electrons. The summed E-state index contributed by atoms with van der Waals surface area (Å²) in [6.45, 7) is 3.23. The van der Waals surface area contributed by atoms with Crippen LogP contribution in [-0.4, -0.2) is 71.8 Å². The maximum Gasteiger partial charge on any atom is 0.437 e. The fraction of sp³-hybridized carbons (Fsp3) is 0.391. The minimum absolute atomic E-state index is 0.0346. The number of oxime groups is 1. The molecule has 13 heteroatoms. The van der Waals surface area contributed by atoms with Crippen molar-refractivity contribution in [3.05, 3.63) is 42.0 Å². The molecule has 2 amide bonds. The summed E-state index contributed by atoms with van der Waals surface area (Å²) in [5, 5.41) is 4.15. The van der Waals surface area contributed by atoms with Crippen LogP contribution >= 0.6 is 0 Å². The van der Waals surface area contributed by atoms with Gasteiger partial charge in [0.05, 0.1) is 17.8 Å². The zero-order valence-electron chi connectivity index (χ0n) is 20.2. The zero-order chi connectivity index (χ0) is 26.1. The van der Waals surface area contributed by atoms with Gasteiger partial charge in [-0.25, -0.2) is 9.78 Å². The van der Waals surface area contributed by atoms with Crippen LogP contribution in [0.2, 0.25) is 0 Å². The number of carbonyl (C=O) groups excluding carboxylic acids is 2. The van der Waals surface area contributed by atoms with Crippen LogP contribution in [0, 0.1) is 5.95 Å². The number of carbonyl (C=O) groups is 2. The van der Waals surface area contributed by atoms with Crippen LogP contribution in [0.15, 0.2) is 40.6 Å². The van der Waals surface area contributed by atoms with E-state index in [0.29, 0.717) is 50.2 Å². The van der Waals surface area contributed by atoms with E-state index < -0.39 is 18.0 Å². The molecule has 1 aliphatic rings.